The second kappa shape index (κ2) is 9.51. The molecule has 0 unspecified atom stereocenters. The number of hydrogen-bond acceptors (Lipinski definition) is 4. The van der Waals surface area contributed by atoms with Crippen molar-refractivity contribution in [3.8, 4) is 11.5 Å². The summed E-state index contributed by atoms with van der Waals surface area (Å²) in [6.07, 6.45) is 3.82. The van der Waals surface area contributed by atoms with Crippen molar-refractivity contribution in [1.29, 1.82) is 0 Å². The zero-order valence-electron chi connectivity index (χ0n) is 18.9. The lowest BCUT2D eigenvalue weighted by atomic mass is 9.83. The highest BCUT2D eigenvalue weighted by molar-refractivity contribution is 5.85. The van der Waals surface area contributed by atoms with Crippen molar-refractivity contribution in [1.82, 2.24) is 4.90 Å². The number of carbonyl (C=O) groups is 1. The van der Waals surface area contributed by atoms with Crippen LogP contribution >= 0.6 is 0 Å². The van der Waals surface area contributed by atoms with E-state index in [9.17, 15) is 13.6 Å². The molecule has 1 spiro atoms. The largest absolute Gasteiger partial charge is 0.488 e. The second-order valence-electron chi connectivity index (χ2n) is 9.19. The van der Waals surface area contributed by atoms with Crippen LogP contribution in [0.1, 0.15) is 44.2 Å². The third kappa shape index (κ3) is 5.19. The van der Waals surface area contributed by atoms with E-state index in [1.54, 1.807) is 0 Å². The lowest BCUT2D eigenvalue weighted by Crippen LogP contribution is -2.49. The molecule has 4 rings (SSSR count). The van der Waals surface area contributed by atoms with E-state index >= 15 is 0 Å². The van der Waals surface area contributed by atoms with E-state index in [1.807, 2.05) is 49.1 Å². The van der Waals surface area contributed by atoms with E-state index in [2.05, 4.69) is 0 Å². The van der Waals surface area contributed by atoms with Gasteiger partial charge >= 0.3 is 5.97 Å². The van der Waals surface area contributed by atoms with Gasteiger partial charge in [0.15, 0.2) is 17.4 Å². The van der Waals surface area contributed by atoms with Gasteiger partial charge in [-0.25, -0.2) is 8.78 Å². The molecular weight excluding hydrogens is 428 g/mol. The third-order valence-electron chi connectivity index (χ3n) is 6.21. The molecule has 0 atom stereocenters. The fourth-order valence-electron chi connectivity index (χ4n) is 4.38. The lowest BCUT2D eigenvalue weighted by molar-refractivity contribution is -0.139. The zero-order chi connectivity index (χ0) is 23.6. The molecule has 0 bridgehead atoms. The molecule has 1 saturated heterocycles. The van der Waals surface area contributed by atoms with Crippen LogP contribution in [-0.2, 0) is 4.79 Å². The monoisotopic (exact) mass is 457 g/mol. The number of aliphatic carboxylic acids is 1. The standard InChI is InChI=1S/C26H29F2NO4/c1-17(2)7-12-32-25-21(27)13-18(14-22(25)28)20-15-26(33-23-6-4-3-5-19(20)23)8-10-29(11-9-26)16-24(30)31/h3-6,13-15,17H,7-12,16H2,1-2H3,(H,30,31). The smallest absolute Gasteiger partial charge is 0.317 e. The van der Waals surface area contributed by atoms with Gasteiger partial charge in [-0.2, -0.15) is 0 Å². The van der Waals surface area contributed by atoms with Crippen LogP contribution in [0.5, 0.6) is 11.5 Å². The molecule has 5 nitrogen and oxygen atoms in total. The van der Waals surface area contributed by atoms with E-state index in [4.69, 9.17) is 14.6 Å². The fourth-order valence-corrected chi connectivity index (χ4v) is 4.38. The van der Waals surface area contributed by atoms with Crippen LogP contribution in [0.15, 0.2) is 42.5 Å². The van der Waals surface area contributed by atoms with Crippen molar-refractivity contribution in [2.24, 2.45) is 5.92 Å². The van der Waals surface area contributed by atoms with Crippen molar-refractivity contribution in [2.45, 2.75) is 38.7 Å². The van der Waals surface area contributed by atoms with Gasteiger partial charge in [-0.15, -0.1) is 0 Å². The predicted octanol–water partition coefficient (Wildman–Crippen LogP) is 5.13. The molecule has 2 aromatic rings. The number of carboxylic acid groups (broad SMARTS) is 1. The van der Waals surface area contributed by atoms with Gasteiger partial charge in [0.25, 0.3) is 0 Å². The van der Waals surface area contributed by atoms with E-state index in [0.717, 1.165) is 5.56 Å². The number of rotatable bonds is 7. The van der Waals surface area contributed by atoms with Gasteiger partial charge in [-0.05, 0) is 47.8 Å². The van der Waals surface area contributed by atoms with Crippen molar-refractivity contribution >= 4 is 11.5 Å². The highest BCUT2D eigenvalue weighted by atomic mass is 19.1. The van der Waals surface area contributed by atoms with Gasteiger partial charge in [0.2, 0.25) is 0 Å². The van der Waals surface area contributed by atoms with Crippen LogP contribution in [0, 0.1) is 17.6 Å². The van der Waals surface area contributed by atoms with E-state index in [1.165, 1.54) is 12.1 Å². The second-order valence-corrected chi connectivity index (χ2v) is 9.19. The average molecular weight is 458 g/mol. The summed E-state index contributed by atoms with van der Waals surface area (Å²) in [7, 11) is 0. The van der Waals surface area contributed by atoms with Gasteiger partial charge in [0.05, 0.1) is 13.2 Å². The van der Waals surface area contributed by atoms with E-state index < -0.39 is 23.2 Å². The molecule has 2 aliphatic heterocycles. The van der Waals surface area contributed by atoms with Gasteiger partial charge in [-0.3, -0.25) is 9.69 Å². The van der Waals surface area contributed by atoms with Crippen LogP contribution < -0.4 is 9.47 Å². The number of para-hydroxylation sites is 1. The Kier molecular flexibility index (Phi) is 6.70. The minimum Gasteiger partial charge on any atom is -0.488 e. The molecular formula is C26H29F2NO4. The molecule has 0 saturated carbocycles. The molecule has 33 heavy (non-hydrogen) atoms. The summed E-state index contributed by atoms with van der Waals surface area (Å²) in [5.74, 6) is -1.65. The van der Waals surface area contributed by atoms with Crippen molar-refractivity contribution in [2.75, 3.05) is 26.2 Å². The zero-order valence-corrected chi connectivity index (χ0v) is 18.9. The molecule has 1 N–H and O–H groups in total. The van der Waals surface area contributed by atoms with Crippen LogP contribution in [-0.4, -0.2) is 47.8 Å². The Bertz CT molecular complexity index is 1040. The van der Waals surface area contributed by atoms with Crippen LogP contribution in [0.25, 0.3) is 5.57 Å². The summed E-state index contributed by atoms with van der Waals surface area (Å²) in [5, 5.41) is 9.08. The molecule has 2 aromatic carbocycles. The van der Waals surface area contributed by atoms with E-state index in [-0.39, 0.29) is 18.9 Å². The Morgan fingerprint density at radius 1 is 1.18 bits per heavy atom. The molecule has 1 fully saturated rings. The highest BCUT2D eigenvalue weighted by Crippen LogP contribution is 2.44. The Hall–Kier alpha value is -2.93. The van der Waals surface area contributed by atoms with Crippen molar-refractivity contribution in [3.63, 3.8) is 0 Å². The Morgan fingerprint density at radius 2 is 1.85 bits per heavy atom. The first-order valence-electron chi connectivity index (χ1n) is 11.3. The number of carboxylic acids is 1. The molecule has 7 heteroatoms. The number of ether oxygens (including phenoxy) is 2. The van der Waals surface area contributed by atoms with Crippen molar-refractivity contribution < 1.29 is 28.2 Å². The van der Waals surface area contributed by atoms with Crippen molar-refractivity contribution in [3.05, 3.63) is 65.2 Å². The maximum Gasteiger partial charge on any atom is 0.317 e. The minimum atomic E-state index is -0.862. The van der Waals surface area contributed by atoms with Gasteiger partial charge in [0.1, 0.15) is 11.4 Å². The minimum absolute atomic E-state index is 0.0159. The number of piperidine rings is 1. The maximum absolute atomic E-state index is 14.9. The molecule has 0 aliphatic carbocycles. The van der Waals surface area contributed by atoms with E-state index in [0.29, 0.717) is 55.2 Å². The molecule has 2 heterocycles. The summed E-state index contributed by atoms with van der Waals surface area (Å²) in [4.78, 5) is 12.9. The quantitative estimate of drug-likeness (QED) is 0.625. The highest BCUT2D eigenvalue weighted by Gasteiger charge is 2.39. The SMILES string of the molecule is CC(C)CCOc1c(F)cc(C2=CC3(CCN(CC(=O)O)CC3)Oc3ccccc32)cc1F. The van der Waals surface area contributed by atoms with Gasteiger partial charge < -0.3 is 14.6 Å². The number of halogens is 2. The number of benzene rings is 2. The number of nitrogens with zero attached hydrogens (tertiary/aromatic N) is 1. The molecule has 2 aliphatic rings. The molecule has 0 amide bonds. The lowest BCUT2D eigenvalue weighted by Gasteiger charge is -2.42. The normalized spacial score (nSPS) is 17.4. The fraction of sp³-hybridized carbons (Fsp3) is 0.423. The molecule has 0 radical (unpaired) electrons. The maximum atomic E-state index is 14.9. The van der Waals surface area contributed by atoms with Crippen LogP contribution in [0.3, 0.4) is 0 Å². The van der Waals surface area contributed by atoms with Crippen LogP contribution in [0.2, 0.25) is 0 Å². The summed E-state index contributed by atoms with van der Waals surface area (Å²) >= 11 is 0. The average Bonchev–Trinajstić information content (AvgIpc) is 2.76. The number of hydrogen-bond donors (Lipinski definition) is 1. The van der Waals surface area contributed by atoms with Gasteiger partial charge in [0, 0.05) is 31.5 Å². The Balaban J connectivity index is 1.65. The van der Waals surface area contributed by atoms with Crippen LogP contribution in [0.4, 0.5) is 8.78 Å². The molecule has 176 valence electrons. The first-order chi connectivity index (χ1) is 15.8. The number of likely N-dealkylation sites (tertiary alicyclic amines) is 1. The summed E-state index contributed by atoms with van der Waals surface area (Å²) in [6.45, 7) is 5.40. The predicted molar refractivity (Wildman–Crippen MR) is 121 cm³/mol. The summed E-state index contributed by atoms with van der Waals surface area (Å²) < 4.78 is 41.5. The van der Waals surface area contributed by atoms with Gasteiger partial charge in [-0.1, -0.05) is 32.0 Å². The Labute approximate surface area is 192 Å². The molecule has 0 aromatic heterocycles. The summed E-state index contributed by atoms with van der Waals surface area (Å²) in [6, 6.07) is 10.1. The first-order valence-corrected chi connectivity index (χ1v) is 11.3. The first kappa shape index (κ1) is 23.2. The summed E-state index contributed by atoms with van der Waals surface area (Å²) in [5.41, 5.74) is 1.24. The Morgan fingerprint density at radius 3 is 2.48 bits per heavy atom. The number of fused-ring (bicyclic) bond motifs is 1. The third-order valence-corrected chi connectivity index (χ3v) is 6.21. The topological polar surface area (TPSA) is 59.0 Å².